The molecule has 0 aliphatic heterocycles. The Balaban J connectivity index is 0. The van der Waals surface area contributed by atoms with E-state index < -0.39 is 6.04 Å². The molecule has 3 atom stereocenters. The van der Waals surface area contributed by atoms with Gasteiger partial charge in [0.15, 0.2) is 11.7 Å². The molecular formula is C20H44N8O3S2. The van der Waals surface area contributed by atoms with Crippen molar-refractivity contribution < 1.29 is 14.4 Å². The van der Waals surface area contributed by atoms with Crippen LogP contribution in [-0.4, -0.2) is 94.7 Å². The first-order valence-corrected chi connectivity index (χ1v) is 13.9. The zero-order valence-electron chi connectivity index (χ0n) is 20.6. The second-order valence-corrected chi connectivity index (χ2v) is 9.80. The molecule has 0 aliphatic rings. The average Bonchev–Trinajstić information content (AvgIpc) is 2.79. The number of aldehydes is 1. The first-order chi connectivity index (χ1) is 15.8. The maximum absolute atomic E-state index is 12.3. The van der Waals surface area contributed by atoms with Crippen LogP contribution in [0.3, 0.4) is 0 Å². The van der Waals surface area contributed by atoms with Crippen LogP contribution in [-0.2, 0) is 14.4 Å². The Kier molecular flexibility index (Phi) is 24.6. The molecule has 33 heavy (non-hydrogen) atoms. The van der Waals surface area contributed by atoms with Crippen molar-refractivity contribution in [2.24, 2.45) is 16.5 Å². The van der Waals surface area contributed by atoms with E-state index in [0.29, 0.717) is 38.8 Å². The smallest absolute Gasteiger partial charge is 0.185 e. The number of ketones is 2. The summed E-state index contributed by atoms with van der Waals surface area (Å²) in [6, 6.07) is -1.07. The zero-order chi connectivity index (χ0) is 25.5. The highest BCUT2D eigenvalue weighted by molar-refractivity contribution is 8.76. The summed E-state index contributed by atoms with van der Waals surface area (Å²) < 4.78 is 0. The van der Waals surface area contributed by atoms with Crippen LogP contribution in [0.4, 0.5) is 0 Å². The molecule has 11 nitrogen and oxygen atoms in total. The van der Waals surface area contributed by atoms with Gasteiger partial charge in [-0.2, -0.15) is 0 Å². The Hall–Kier alpha value is -1.22. The van der Waals surface area contributed by atoms with Crippen LogP contribution in [0.15, 0.2) is 4.99 Å². The maximum atomic E-state index is 12.3. The summed E-state index contributed by atoms with van der Waals surface area (Å²) in [6.45, 7) is 3.25. The fourth-order valence-electron chi connectivity index (χ4n) is 2.66. The molecule has 0 saturated heterocycles. The van der Waals surface area contributed by atoms with Gasteiger partial charge in [0.2, 0.25) is 0 Å². The summed E-state index contributed by atoms with van der Waals surface area (Å²) in [4.78, 5) is 39.1. The van der Waals surface area contributed by atoms with E-state index in [0.717, 1.165) is 12.8 Å². The number of nitrogens with two attached hydrogens (primary N) is 2. The van der Waals surface area contributed by atoms with Gasteiger partial charge in [0.1, 0.15) is 12.1 Å². The second kappa shape index (κ2) is 23.9. The van der Waals surface area contributed by atoms with Crippen LogP contribution in [0, 0.1) is 0 Å². The van der Waals surface area contributed by atoms with E-state index in [1.54, 1.807) is 28.6 Å². The Morgan fingerprint density at radius 1 is 1.03 bits per heavy atom. The van der Waals surface area contributed by atoms with Gasteiger partial charge in [0, 0.05) is 13.1 Å². The van der Waals surface area contributed by atoms with Crippen LogP contribution in [0.25, 0.3) is 0 Å². The zero-order valence-corrected chi connectivity index (χ0v) is 22.2. The minimum atomic E-state index is -0.438. The van der Waals surface area contributed by atoms with Crippen LogP contribution in [0.5, 0.6) is 0 Å². The minimum absolute atomic E-state index is 0.0156. The number of rotatable bonds is 20. The average molecular weight is 509 g/mol. The number of hydrogen-bond donors (Lipinski definition) is 7. The molecule has 0 aromatic carbocycles. The number of nitrogens with zero attached hydrogens (tertiary/aromatic N) is 1. The highest BCUT2D eigenvalue weighted by atomic mass is 33.1. The highest BCUT2D eigenvalue weighted by Gasteiger charge is 2.19. The fourth-order valence-corrected chi connectivity index (χ4v) is 2.66. The van der Waals surface area contributed by atoms with Gasteiger partial charge in [0.05, 0.1) is 24.7 Å². The standard InChI is InChI=1S/C18H38N8O3.C2H6S2/c1-13(28)15(24-11-17(29)16(22-3)6-9-21-2)7-10-25-26-14(12-27)5-4-8-23-18(19)20;1-3-4-2/h12,14-16,21-22,24-26H,4-11H2,1-3H3,(H4,19,20,23);1-2H3/t14-,15-,16-;/m0./s1. The SMILES string of the molecule is CNCC[C@H](NC)C(=O)CN[C@@H](CCNN[C@H](C=O)CCCN=C(N)N)C(C)=O.CSSC. The summed E-state index contributed by atoms with van der Waals surface area (Å²) in [6.07, 6.45) is 7.33. The lowest BCUT2D eigenvalue weighted by atomic mass is 10.1. The minimum Gasteiger partial charge on any atom is -0.370 e. The molecule has 0 amide bonds. The summed E-state index contributed by atoms with van der Waals surface area (Å²) in [7, 11) is 7.13. The lowest BCUT2D eigenvalue weighted by molar-refractivity contribution is -0.121. The number of carbonyl (C=O) groups is 3. The predicted octanol–water partition coefficient (Wildman–Crippen LogP) is -0.967. The van der Waals surface area contributed by atoms with Crippen molar-refractivity contribution in [2.45, 2.75) is 50.7 Å². The van der Waals surface area contributed by atoms with Crippen molar-refractivity contribution in [1.82, 2.24) is 26.8 Å². The Morgan fingerprint density at radius 3 is 2.15 bits per heavy atom. The largest absolute Gasteiger partial charge is 0.370 e. The molecule has 0 unspecified atom stereocenters. The Labute approximate surface area is 206 Å². The van der Waals surface area contributed by atoms with Crippen molar-refractivity contribution in [2.75, 3.05) is 52.8 Å². The monoisotopic (exact) mass is 508 g/mol. The number of hydrogen-bond acceptors (Lipinski definition) is 11. The van der Waals surface area contributed by atoms with Gasteiger partial charge < -0.3 is 32.2 Å². The number of hydrazine groups is 1. The van der Waals surface area contributed by atoms with Crippen LogP contribution in [0.2, 0.25) is 0 Å². The number of likely N-dealkylation sites (N-methyl/N-ethyl adjacent to an activating group) is 1. The van der Waals surface area contributed by atoms with Gasteiger partial charge in [0.25, 0.3) is 0 Å². The summed E-state index contributed by atoms with van der Waals surface area (Å²) in [5.41, 5.74) is 16.4. The van der Waals surface area contributed by atoms with Gasteiger partial charge in [-0.15, -0.1) is 0 Å². The van der Waals surface area contributed by atoms with Gasteiger partial charge in [-0.3, -0.25) is 20.0 Å². The molecule has 0 fully saturated rings. The van der Waals surface area contributed by atoms with E-state index >= 15 is 0 Å². The summed E-state index contributed by atoms with van der Waals surface area (Å²) in [5, 5.41) is 9.04. The number of guanidine groups is 1. The van der Waals surface area contributed by atoms with E-state index in [4.69, 9.17) is 11.5 Å². The highest BCUT2D eigenvalue weighted by Crippen LogP contribution is 2.09. The molecule has 194 valence electrons. The molecule has 0 aliphatic carbocycles. The fraction of sp³-hybridized carbons (Fsp3) is 0.800. The summed E-state index contributed by atoms with van der Waals surface area (Å²) in [5.74, 6) is 0.00458. The lowest BCUT2D eigenvalue weighted by Crippen LogP contribution is -2.48. The van der Waals surface area contributed by atoms with Crippen LogP contribution >= 0.6 is 21.6 Å². The van der Waals surface area contributed by atoms with Crippen LogP contribution in [0.1, 0.15) is 32.6 Å². The van der Waals surface area contributed by atoms with E-state index in [1.165, 1.54) is 6.92 Å². The molecule has 0 aromatic heterocycles. The van der Waals surface area contributed by atoms with E-state index in [2.05, 4.69) is 44.3 Å². The summed E-state index contributed by atoms with van der Waals surface area (Å²) >= 11 is 0. The molecule has 0 radical (unpaired) electrons. The third-order valence-electron chi connectivity index (χ3n) is 4.58. The molecule has 0 bridgehead atoms. The molecule has 0 saturated carbocycles. The van der Waals surface area contributed by atoms with Crippen LogP contribution < -0.4 is 38.3 Å². The van der Waals surface area contributed by atoms with Crippen molar-refractivity contribution in [1.29, 1.82) is 0 Å². The predicted molar refractivity (Wildman–Crippen MR) is 141 cm³/mol. The normalized spacial score (nSPS) is 13.2. The second-order valence-electron chi connectivity index (χ2n) is 7.13. The number of Topliss-reactive ketones (excluding diaryl/α,β-unsaturated/α-hetero) is 2. The first kappa shape index (κ1) is 34.0. The molecule has 0 aromatic rings. The van der Waals surface area contributed by atoms with Crippen molar-refractivity contribution in [3.63, 3.8) is 0 Å². The van der Waals surface area contributed by atoms with E-state index in [-0.39, 0.29) is 36.2 Å². The van der Waals surface area contributed by atoms with E-state index in [9.17, 15) is 14.4 Å². The number of aliphatic imine (C=N–C) groups is 1. The van der Waals surface area contributed by atoms with Crippen molar-refractivity contribution >= 4 is 45.4 Å². The Morgan fingerprint density at radius 2 is 1.67 bits per heavy atom. The lowest BCUT2D eigenvalue weighted by Gasteiger charge is -2.20. The molecule has 0 spiro atoms. The molecular weight excluding hydrogens is 464 g/mol. The quantitative estimate of drug-likeness (QED) is 0.0268. The van der Waals surface area contributed by atoms with Crippen molar-refractivity contribution in [3.05, 3.63) is 0 Å². The van der Waals surface area contributed by atoms with Gasteiger partial charge >= 0.3 is 0 Å². The number of nitrogens with one attached hydrogen (secondary N) is 5. The molecule has 0 rings (SSSR count). The molecule has 9 N–H and O–H groups in total. The third kappa shape index (κ3) is 21.1. The maximum Gasteiger partial charge on any atom is 0.185 e. The molecule has 13 heteroatoms. The van der Waals surface area contributed by atoms with Gasteiger partial charge in [-0.1, -0.05) is 21.6 Å². The van der Waals surface area contributed by atoms with Crippen molar-refractivity contribution in [3.8, 4) is 0 Å². The van der Waals surface area contributed by atoms with Gasteiger partial charge in [-0.25, -0.2) is 5.43 Å². The van der Waals surface area contributed by atoms with Gasteiger partial charge in [-0.05, 0) is 65.8 Å². The van der Waals surface area contributed by atoms with E-state index in [1.807, 2.05) is 7.05 Å². The topological polar surface area (TPSA) is 176 Å². The molecule has 0 heterocycles. The number of carbonyl (C=O) groups excluding carboxylic acids is 3. The Bertz CT molecular complexity index is 549. The third-order valence-corrected chi connectivity index (χ3v) is 5.91. The first-order valence-electron chi connectivity index (χ1n) is 10.9.